The number of ketones is 1. The van der Waals surface area contributed by atoms with Crippen LogP contribution in [0.2, 0.25) is 0 Å². The molecule has 0 aliphatic carbocycles. The van der Waals surface area contributed by atoms with Crippen molar-refractivity contribution in [1.82, 2.24) is 19.8 Å². The Morgan fingerprint density at radius 2 is 2.03 bits per heavy atom. The van der Waals surface area contributed by atoms with Crippen LogP contribution in [0.4, 0.5) is 4.79 Å². The minimum absolute atomic E-state index is 0.122. The first-order chi connectivity index (χ1) is 18.1. The van der Waals surface area contributed by atoms with E-state index < -0.39 is 51.9 Å². The maximum atomic E-state index is 13.4. The van der Waals surface area contributed by atoms with Gasteiger partial charge in [-0.25, -0.2) is 20.4 Å². The van der Waals surface area contributed by atoms with Crippen molar-refractivity contribution in [3.05, 3.63) is 16.1 Å². The third kappa shape index (κ3) is 4.75. The number of carbonyl (C=O) groups excluding carboxylic acids is 5. The van der Waals surface area contributed by atoms with Gasteiger partial charge in [0.1, 0.15) is 5.69 Å². The molecule has 0 saturated carbocycles. The highest BCUT2D eigenvalue weighted by Gasteiger charge is 2.66. The van der Waals surface area contributed by atoms with Gasteiger partial charge in [-0.2, -0.15) is 0 Å². The Kier molecular flexibility index (Phi) is 8.04. The molecule has 4 rings (SSSR count). The van der Waals surface area contributed by atoms with Crippen molar-refractivity contribution in [2.24, 2.45) is 16.9 Å². The molecule has 3 fully saturated rings. The molecule has 3 saturated heterocycles. The highest BCUT2D eigenvalue weighted by molar-refractivity contribution is 8.02. The van der Waals surface area contributed by atoms with E-state index in [-0.39, 0.29) is 43.9 Å². The van der Waals surface area contributed by atoms with E-state index in [9.17, 15) is 24.0 Å². The van der Waals surface area contributed by atoms with Gasteiger partial charge in [-0.15, -0.1) is 11.3 Å². The smallest absolute Gasteiger partial charge is 0.378 e. The van der Waals surface area contributed by atoms with Crippen LogP contribution in [-0.4, -0.2) is 107 Å². The van der Waals surface area contributed by atoms with Crippen LogP contribution in [0.1, 0.15) is 30.5 Å². The van der Waals surface area contributed by atoms with Gasteiger partial charge in [0.2, 0.25) is 16.9 Å². The van der Waals surface area contributed by atoms with Gasteiger partial charge in [-0.1, -0.05) is 23.8 Å². The molecule has 0 spiro atoms. The molecule has 14 nitrogen and oxygen atoms in total. The van der Waals surface area contributed by atoms with Gasteiger partial charge in [-0.05, 0) is 13.3 Å². The van der Waals surface area contributed by atoms with Crippen LogP contribution >= 0.6 is 23.1 Å². The molecule has 4 radical (unpaired) electrons. The number of thioether (sulfide) groups is 1. The molecular weight excluding hydrogens is 538 g/mol. The van der Waals surface area contributed by atoms with Gasteiger partial charge >= 0.3 is 34.1 Å². The molecule has 198 valence electrons. The highest BCUT2D eigenvalue weighted by Crippen LogP contribution is 2.53. The SMILES string of the molecule is [B]OC(=O)[C@H](CC)O/N=C(\C(=O)C[C@@H]1C(=O)N2C[C@@](C(=O)O[B])(N3CCN(N)C3=O)S[C@H]12)c1csc(C)n1. The molecule has 1 aromatic rings. The zero-order valence-electron chi connectivity index (χ0n) is 20.4. The van der Waals surface area contributed by atoms with Gasteiger partial charge in [0.05, 0.1) is 29.4 Å². The van der Waals surface area contributed by atoms with E-state index in [1.54, 1.807) is 19.2 Å². The first kappa shape index (κ1) is 27.9. The lowest BCUT2D eigenvalue weighted by atomic mass is 9.90. The maximum absolute atomic E-state index is 13.4. The van der Waals surface area contributed by atoms with Crippen molar-refractivity contribution in [2.45, 2.75) is 43.0 Å². The summed E-state index contributed by atoms with van der Waals surface area (Å²) >= 11 is 2.27. The molecule has 0 bridgehead atoms. The summed E-state index contributed by atoms with van der Waals surface area (Å²) in [5, 5.41) is 6.45. The molecule has 18 heteroatoms. The summed E-state index contributed by atoms with van der Waals surface area (Å²) in [5.41, 5.74) is 0.0240. The van der Waals surface area contributed by atoms with Gasteiger partial charge in [0.15, 0.2) is 11.5 Å². The number of hydrazine groups is 1. The molecule has 0 unspecified atom stereocenters. The molecule has 0 aromatic carbocycles. The molecule has 3 aliphatic rings. The fraction of sp³-hybridized carbons (Fsp3) is 0.550. The van der Waals surface area contributed by atoms with Crippen LogP contribution in [0.25, 0.3) is 0 Å². The number of thiazole rings is 1. The molecule has 3 aliphatic heterocycles. The number of fused-ring (bicyclic) bond motifs is 1. The van der Waals surface area contributed by atoms with Gasteiger partial charge in [0, 0.05) is 18.3 Å². The Morgan fingerprint density at radius 3 is 2.58 bits per heavy atom. The summed E-state index contributed by atoms with van der Waals surface area (Å²) < 4.78 is 8.69. The second kappa shape index (κ2) is 10.9. The van der Waals surface area contributed by atoms with Crippen LogP contribution in [0.15, 0.2) is 10.5 Å². The number of aryl methyl sites for hydroxylation is 1. The number of rotatable bonds is 10. The Labute approximate surface area is 228 Å². The Bertz CT molecular complexity index is 1200. The van der Waals surface area contributed by atoms with E-state index >= 15 is 0 Å². The third-order valence-electron chi connectivity index (χ3n) is 6.41. The lowest BCUT2D eigenvalue weighted by molar-refractivity contribution is -0.153. The minimum Gasteiger partial charge on any atom is -0.541 e. The lowest BCUT2D eigenvalue weighted by Gasteiger charge is -2.40. The van der Waals surface area contributed by atoms with Crippen molar-refractivity contribution in [3.8, 4) is 0 Å². The average Bonchev–Trinajstić information content (AvgIpc) is 3.60. The minimum atomic E-state index is -1.61. The number of nitrogens with two attached hydrogens (primary N) is 1. The summed E-state index contributed by atoms with van der Waals surface area (Å²) in [5.74, 6) is 2.08. The molecule has 4 atom stereocenters. The van der Waals surface area contributed by atoms with E-state index in [0.29, 0.717) is 5.01 Å². The number of hydrogen-bond acceptors (Lipinski definition) is 13. The molecule has 3 amide bonds. The van der Waals surface area contributed by atoms with E-state index in [1.807, 2.05) is 0 Å². The fourth-order valence-corrected chi connectivity index (χ4v) is 6.74. The van der Waals surface area contributed by atoms with Gasteiger partial charge in [0.25, 0.3) is 0 Å². The normalized spacial score (nSPS) is 25.7. The third-order valence-corrected chi connectivity index (χ3v) is 8.91. The number of oxime groups is 1. The summed E-state index contributed by atoms with van der Waals surface area (Å²) in [6.45, 7) is 3.49. The predicted octanol–water partition coefficient (Wildman–Crippen LogP) is -0.998. The fourth-order valence-electron chi connectivity index (χ4n) is 4.40. The molecule has 4 heterocycles. The van der Waals surface area contributed by atoms with Crippen LogP contribution in [0.5, 0.6) is 0 Å². The Balaban J connectivity index is 1.55. The first-order valence-electron chi connectivity index (χ1n) is 11.4. The van der Waals surface area contributed by atoms with E-state index in [0.717, 1.165) is 16.8 Å². The quantitative estimate of drug-likeness (QED) is 0.0929. The van der Waals surface area contributed by atoms with Crippen LogP contribution < -0.4 is 5.84 Å². The van der Waals surface area contributed by atoms with E-state index in [2.05, 4.69) is 19.4 Å². The van der Waals surface area contributed by atoms with Crippen molar-refractivity contribution in [3.63, 3.8) is 0 Å². The van der Waals surface area contributed by atoms with Gasteiger partial charge in [-0.3, -0.25) is 24.3 Å². The number of urea groups is 1. The number of Topliss-reactive ketones (excluding diaryl/α,β-unsaturated/α-hetero) is 1. The average molecular weight is 560 g/mol. The Morgan fingerprint density at radius 1 is 1.29 bits per heavy atom. The zero-order chi connectivity index (χ0) is 27.8. The second-order valence-electron chi connectivity index (χ2n) is 8.66. The summed E-state index contributed by atoms with van der Waals surface area (Å²) in [7, 11) is 10.1. The number of nitrogens with zero attached hydrogens (tertiary/aromatic N) is 5. The number of hydrogen-bond donors (Lipinski definition) is 1. The lowest BCUT2D eigenvalue weighted by Crippen LogP contribution is -2.60. The first-order valence-corrected chi connectivity index (χ1v) is 13.2. The van der Waals surface area contributed by atoms with Crippen LogP contribution in [0.3, 0.4) is 0 Å². The summed E-state index contributed by atoms with van der Waals surface area (Å²) in [6.07, 6.45) is -1.29. The van der Waals surface area contributed by atoms with Crippen molar-refractivity contribution < 1.29 is 38.1 Å². The molecule has 2 N–H and O–H groups in total. The second-order valence-corrected chi connectivity index (χ2v) is 11.1. The number of carbonyl (C=O) groups is 5. The van der Waals surface area contributed by atoms with E-state index in [1.165, 1.54) is 21.1 Å². The largest absolute Gasteiger partial charge is 0.541 e. The van der Waals surface area contributed by atoms with Gasteiger partial charge < -0.3 is 19.0 Å². The van der Waals surface area contributed by atoms with Crippen LogP contribution in [-0.2, 0) is 33.3 Å². The predicted molar refractivity (Wildman–Crippen MR) is 134 cm³/mol. The van der Waals surface area contributed by atoms with Crippen LogP contribution in [0, 0.1) is 12.8 Å². The highest BCUT2D eigenvalue weighted by atomic mass is 32.2. The van der Waals surface area contributed by atoms with Crippen molar-refractivity contribution in [2.75, 3.05) is 19.6 Å². The van der Waals surface area contributed by atoms with E-state index in [4.69, 9.17) is 26.8 Å². The summed E-state index contributed by atoms with van der Waals surface area (Å²) in [4.78, 5) is 74.0. The maximum Gasteiger partial charge on any atom is 0.378 e. The summed E-state index contributed by atoms with van der Waals surface area (Å²) in [6, 6.07) is -0.613. The topological polar surface area (TPSA) is 174 Å². The van der Waals surface area contributed by atoms with Crippen molar-refractivity contribution >= 4 is 74.6 Å². The number of amides is 3. The Hall–Kier alpha value is -3.11. The molecular formula is C20H22B2N6O8S2. The monoisotopic (exact) mass is 560 g/mol. The zero-order valence-corrected chi connectivity index (χ0v) is 22.0. The number of aromatic nitrogens is 1. The standard InChI is InChI=1S/C20H22B2N6O8S2/c1-3-13(17(31)34-21)36-25-14(11-7-37-9(2)24-11)12(29)6-10-15(30)26-8-20(18(32)35-22,38-16(10)26)27-4-5-28(23)19(27)33/h7,10,13,16H,3-6,8,23H2,1-2H3/b25-14-/t10-,13+,16-,20-/m1/s1. The number of β-lactam (4-membered cyclic amide) rings is 1. The van der Waals surface area contributed by atoms with Crippen molar-refractivity contribution in [1.29, 1.82) is 0 Å². The molecule has 1 aromatic heterocycles. The molecule has 38 heavy (non-hydrogen) atoms.